The van der Waals surface area contributed by atoms with Gasteiger partial charge in [-0.3, -0.25) is 0 Å². The van der Waals surface area contributed by atoms with Gasteiger partial charge < -0.3 is 14.2 Å². The summed E-state index contributed by atoms with van der Waals surface area (Å²) in [6.07, 6.45) is 0.450. The molecule has 0 amide bonds. The molecule has 24 heavy (non-hydrogen) atoms. The molecule has 0 unspecified atom stereocenters. The lowest BCUT2D eigenvalue weighted by Crippen LogP contribution is -2.21. The Balaban J connectivity index is 3.29. The largest absolute Gasteiger partial charge is 0.491 e. The molecular formula is C15H16F3NO5. The molecule has 0 fully saturated rings. The van der Waals surface area contributed by atoms with E-state index in [0.29, 0.717) is 12.3 Å². The average molecular weight is 347 g/mol. The van der Waals surface area contributed by atoms with Crippen LogP contribution < -0.4 is 9.86 Å². The van der Waals surface area contributed by atoms with Gasteiger partial charge in [-0.25, -0.2) is 14.0 Å². The van der Waals surface area contributed by atoms with Gasteiger partial charge in [0.15, 0.2) is 17.1 Å². The van der Waals surface area contributed by atoms with Gasteiger partial charge in [-0.05, 0) is 26.0 Å². The monoisotopic (exact) mass is 347 g/mol. The van der Waals surface area contributed by atoms with Gasteiger partial charge in [0.25, 0.3) is 0 Å². The van der Waals surface area contributed by atoms with Crippen LogP contribution in [0.4, 0.5) is 18.9 Å². The average Bonchev–Trinajstić information content (AvgIpc) is 2.54. The van der Waals surface area contributed by atoms with Crippen LogP contribution in [-0.4, -0.2) is 32.3 Å². The first kappa shape index (κ1) is 19.3. The third-order valence-electron chi connectivity index (χ3n) is 2.70. The first-order chi connectivity index (χ1) is 11.4. The number of hydrogen-bond donors (Lipinski definition) is 0. The first-order valence-electron chi connectivity index (χ1n) is 6.90. The van der Waals surface area contributed by atoms with Gasteiger partial charge in [0.1, 0.15) is 5.69 Å². The zero-order valence-corrected chi connectivity index (χ0v) is 13.3. The van der Waals surface area contributed by atoms with Crippen LogP contribution in [0.2, 0.25) is 0 Å². The predicted octanol–water partition coefficient (Wildman–Crippen LogP) is 2.67. The number of nitrogens with zero attached hydrogens (tertiary/aromatic N) is 1. The summed E-state index contributed by atoms with van der Waals surface area (Å²) in [5.74, 6) is -5.65. The molecule has 0 aliphatic carbocycles. The molecule has 0 aliphatic rings. The van der Waals surface area contributed by atoms with Crippen molar-refractivity contribution >= 4 is 17.6 Å². The Labute approximate surface area is 136 Å². The van der Waals surface area contributed by atoms with Crippen LogP contribution in [0.5, 0.6) is 5.75 Å². The lowest BCUT2D eigenvalue weighted by Gasteiger charge is -2.15. The molecule has 0 aromatic heterocycles. The van der Waals surface area contributed by atoms with E-state index in [1.807, 2.05) is 0 Å². The van der Waals surface area contributed by atoms with E-state index in [1.165, 1.54) is 13.8 Å². The molecule has 132 valence electrons. The number of halogens is 3. The van der Waals surface area contributed by atoms with Crippen LogP contribution in [0, 0.1) is 11.6 Å². The Morgan fingerprint density at radius 3 is 2.12 bits per heavy atom. The number of ether oxygens (including phenoxy) is 3. The molecule has 1 aromatic carbocycles. The fraction of sp³-hybridized carbons (Fsp3) is 0.333. The van der Waals surface area contributed by atoms with Crippen molar-refractivity contribution in [3.63, 3.8) is 0 Å². The van der Waals surface area contributed by atoms with Crippen LogP contribution in [0.25, 0.3) is 0 Å². The van der Waals surface area contributed by atoms with Crippen molar-refractivity contribution in [1.82, 2.24) is 0 Å². The minimum absolute atomic E-state index is 0.0592. The number of esters is 2. The Bertz CT molecular complexity index is 628. The number of carbonyl (C=O) groups is 2. The smallest absolute Gasteiger partial charge is 0.347 e. The Morgan fingerprint density at radius 1 is 1.12 bits per heavy atom. The van der Waals surface area contributed by atoms with Crippen molar-refractivity contribution < 1.29 is 37.1 Å². The maximum Gasteiger partial charge on any atom is 0.347 e. The number of anilines is 1. The summed E-state index contributed by atoms with van der Waals surface area (Å²) in [4.78, 5) is 23.5. The maximum atomic E-state index is 14.3. The van der Waals surface area contributed by atoms with Gasteiger partial charge in [0.05, 0.1) is 26.5 Å². The summed E-state index contributed by atoms with van der Waals surface area (Å²) in [7, 11) is 1.01. The molecule has 1 rings (SSSR count). The molecule has 0 saturated carbocycles. The second-order valence-corrected chi connectivity index (χ2v) is 4.21. The van der Waals surface area contributed by atoms with Crippen LogP contribution in [0.1, 0.15) is 13.8 Å². The van der Waals surface area contributed by atoms with E-state index in [4.69, 9.17) is 0 Å². The molecule has 0 bridgehead atoms. The van der Waals surface area contributed by atoms with Crippen LogP contribution >= 0.6 is 0 Å². The van der Waals surface area contributed by atoms with Crippen LogP contribution in [0.15, 0.2) is 23.9 Å². The number of hydrogen-bond acceptors (Lipinski definition) is 6. The van der Waals surface area contributed by atoms with Crippen molar-refractivity contribution in [2.24, 2.45) is 0 Å². The zero-order chi connectivity index (χ0) is 18.3. The zero-order valence-electron chi connectivity index (χ0n) is 13.3. The predicted molar refractivity (Wildman–Crippen MR) is 77.8 cm³/mol. The molecule has 0 radical (unpaired) electrons. The summed E-state index contributed by atoms with van der Waals surface area (Å²) in [6, 6.07) is 1.55. The molecule has 6 nitrogen and oxygen atoms in total. The van der Waals surface area contributed by atoms with Gasteiger partial charge in [-0.2, -0.15) is 9.51 Å². The van der Waals surface area contributed by atoms with Crippen molar-refractivity contribution in [3.05, 3.63) is 35.5 Å². The van der Waals surface area contributed by atoms with Crippen molar-refractivity contribution in [2.45, 2.75) is 13.8 Å². The Morgan fingerprint density at radius 2 is 1.67 bits per heavy atom. The SMILES string of the molecule is CCOC(=O)C(=CN(F)c1ccc(F)c(F)c1OC)C(=O)OCC. The van der Waals surface area contributed by atoms with Gasteiger partial charge in [-0.15, -0.1) is 0 Å². The highest BCUT2D eigenvalue weighted by Gasteiger charge is 2.25. The molecule has 0 atom stereocenters. The summed E-state index contributed by atoms with van der Waals surface area (Å²) < 4.78 is 55.0. The highest BCUT2D eigenvalue weighted by atomic mass is 19.2. The molecule has 0 aliphatic heterocycles. The molecule has 9 heteroatoms. The van der Waals surface area contributed by atoms with Gasteiger partial charge in [0.2, 0.25) is 5.82 Å². The second kappa shape index (κ2) is 8.80. The summed E-state index contributed by atoms with van der Waals surface area (Å²) in [5, 5.41) is -0.259. The van der Waals surface area contributed by atoms with E-state index >= 15 is 0 Å². The summed E-state index contributed by atoms with van der Waals surface area (Å²) in [6.45, 7) is 2.87. The summed E-state index contributed by atoms with van der Waals surface area (Å²) in [5.41, 5.74) is -1.31. The van der Waals surface area contributed by atoms with Crippen LogP contribution in [0.3, 0.4) is 0 Å². The topological polar surface area (TPSA) is 65.1 Å². The quantitative estimate of drug-likeness (QED) is 0.248. The van der Waals surface area contributed by atoms with Crippen molar-refractivity contribution in [3.8, 4) is 5.75 Å². The standard InChI is InChI=1S/C15H16F3NO5/c1-4-23-14(20)9(15(21)24-5-2)8-19(18)11-7-6-10(16)12(17)13(11)22-3/h6-8H,4-5H2,1-3H3. The van der Waals surface area contributed by atoms with E-state index in [0.717, 1.165) is 13.2 Å². The number of methoxy groups -OCH3 is 1. The maximum absolute atomic E-state index is 14.3. The lowest BCUT2D eigenvalue weighted by atomic mass is 10.2. The third kappa shape index (κ3) is 4.40. The first-order valence-corrected chi connectivity index (χ1v) is 6.90. The minimum atomic E-state index is -1.42. The number of carbonyl (C=O) groups excluding carboxylic acids is 2. The van der Waals surface area contributed by atoms with Crippen LogP contribution in [-0.2, 0) is 19.1 Å². The van der Waals surface area contributed by atoms with Gasteiger partial charge in [-0.1, -0.05) is 4.48 Å². The molecule has 0 spiro atoms. The highest BCUT2D eigenvalue weighted by molar-refractivity contribution is 6.14. The number of benzene rings is 1. The molecule has 0 saturated heterocycles. The third-order valence-corrected chi connectivity index (χ3v) is 2.70. The minimum Gasteiger partial charge on any atom is -0.491 e. The normalized spacial score (nSPS) is 9.92. The molecule has 1 aromatic rings. The Hall–Kier alpha value is -2.71. The van der Waals surface area contributed by atoms with Crippen molar-refractivity contribution in [1.29, 1.82) is 0 Å². The number of rotatable bonds is 7. The van der Waals surface area contributed by atoms with E-state index in [2.05, 4.69) is 14.2 Å². The van der Waals surface area contributed by atoms with Crippen molar-refractivity contribution in [2.75, 3.05) is 25.4 Å². The Kier molecular flexibility index (Phi) is 7.09. The molecular weight excluding hydrogens is 331 g/mol. The van der Waals surface area contributed by atoms with E-state index < -0.39 is 40.6 Å². The fourth-order valence-electron chi connectivity index (χ4n) is 1.67. The lowest BCUT2D eigenvalue weighted by molar-refractivity contribution is -0.146. The van der Waals surface area contributed by atoms with E-state index in [-0.39, 0.29) is 18.3 Å². The molecule has 0 heterocycles. The molecule has 0 N–H and O–H groups in total. The van der Waals surface area contributed by atoms with E-state index in [1.54, 1.807) is 0 Å². The van der Waals surface area contributed by atoms with E-state index in [9.17, 15) is 22.9 Å². The summed E-state index contributed by atoms with van der Waals surface area (Å²) >= 11 is 0. The fourth-order valence-corrected chi connectivity index (χ4v) is 1.67. The van der Waals surface area contributed by atoms with Gasteiger partial charge >= 0.3 is 11.9 Å². The van der Waals surface area contributed by atoms with Gasteiger partial charge in [0, 0.05) is 0 Å². The second-order valence-electron chi connectivity index (χ2n) is 4.21. The highest BCUT2D eigenvalue weighted by Crippen LogP contribution is 2.33.